The van der Waals surface area contributed by atoms with Crippen LogP contribution in [-0.4, -0.2) is 21.8 Å². The third-order valence-corrected chi connectivity index (χ3v) is 2.55. The van der Waals surface area contributed by atoms with Gasteiger partial charge < -0.3 is 0 Å². The first-order chi connectivity index (χ1) is 6.27. The molecule has 5 heteroatoms. The Bertz CT molecular complexity index is 248. The van der Waals surface area contributed by atoms with E-state index in [0.717, 1.165) is 17.9 Å². The average Bonchev–Trinajstić information content (AvgIpc) is 2.54. The fraction of sp³-hybridized carbons (Fsp3) is 0.625. The van der Waals surface area contributed by atoms with E-state index in [-0.39, 0.29) is 6.04 Å². The highest BCUT2D eigenvalue weighted by Crippen LogP contribution is 2.15. The molecular formula is C8H16N4S. The van der Waals surface area contributed by atoms with Gasteiger partial charge in [0.2, 0.25) is 0 Å². The average molecular weight is 200 g/mol. The maximum absolute atomic E-state index is 5.45. The minimum Gasteiger partial charge on any atom is -0.275 e. The highest BCUT2D eigenvalue weighted by atomic mass is 32.2. The summed E-state index contributed by atoms with van der Waals surface area (Å²) >= 11 is 1.82. The molecule has 0 amide bonds. The van der Waals surface area contributed by atoms with E-state index in [1.807, 2.05) is 31.1 Å². The van der Waals surface area contributed by atoms with E-state index >= 15 is 0 Å². The first-order valence-electron chi connectivity index (χ1n) is 4.22. The lowest BCUT2D eigenvalue weighted by Crippen LogP contribution is -2.28. The molecule has 0 bridgehead atoms. The number of rotatable bonds is 5. The molecular weight excluding hydrogens is 184 g/mol. The number of nitrogens with zero attached hydrogens (tertiary/aromatic N) is 2. The van der Waals surface area contributed by atoms with E-state index in [0.29, 0.717) is 0 Å². The van der Waals surface area contributed by atoms with Crippen molar-refractivity contribution in [1.82, 2.24) is 15.2 Å². The summed E-state index contributed by atoms with van der Waals surface area (Å²) in [4.78, 5) is 0. The lowest BCUT2D eigenvalue weighted by Gasteiger charge is -2.11. The van der Waals surface area contributed by atoms with Gasteiger partial charge in [0, 0.05) is 13.2 Å². The molecule has 0 aromatic carbocycles. The molecule has 74 valence electrons. The van der Waals surface area contributed by atoms with Crippen molar-refractivity contribution in [1.29, 1.82) is 0 Å². The van der Waals surface area contributed by atoms with Crippen molar-refractivity contribution in [3.8, 4) is 0 Å². The van der Waals surface area contributed by atoms with Crippen LogP contribution in [0.15, 0.2) is 12.3 Å². The van der Waals surface area contributed by atoms with Crippen LogP contribution < -0.4 is 11.3 Å². The molecule has 0 fully saturated rings. The fourth-order valence-electron chi connectivity index (χ4n) is 1.17. The Morgan fingerprint density at radius 3 is 3.00 bits per heavy atom. The van der Waals surface area contributed by atoms with Crippen LogP contribution in [0.4, 0.5) is 0 Å². The SMILES string of the molecule is CSCCC(NN)c1ccn(C)n1. The Hall–Kier alpha value is -0.520. The summed E-state index contributed by atoms with van der Waals surface area (Å²) in [5.74, 6) is 6.54. The molecule has 0 saturated carbocycles. The minimum atomic E-state index is 0.175. The van der Waals surface area contributed by atoms with Gasteiger partial charge in [-0.3, -0.25) is 16.0 Å². The van der Waals surface area contributed by atoms with Gasteiger partial charge in [0.15, 0.2) is 0 Å². The van der Waals surface area contributed by atoms with Crippen molar-refractivity contribution < 1.29 is 0 Å². The van der Waals surface area contributed by atoms with Crippen molar-refractivity contribution in [2.24, 2.45) is 12.9 Å². The summed E-state index contributed by atoms with van der Waals surface area (Å²) in [5.41, 5.74) is 3.79. The summed E-state index contributed by atoms with van der Waals surface area (Å²) in [5, 5.41) is 4.30. The van der Waals surface area contributed by atoms with Gasteiger partial charge in [0.05, 0.1) is 11.7 Å². The normalized spacial score (nSPS) is 13.2. The quantitative estimate of drug-likeness (QED) is 0.542. The monoisotopic (exact) mass is 200 g/mol. The Morgan fingerprint density at radius 1 is 1.77 bits per heavy atom. The van der Waals surface area contributed by atoms with E-state index in [4.69, 9.17) is 5.84 Å². The molecule has 0 aliphatic rings. The van der Waals surface area contributed by atoms with Crippen molar-refractivity contribution >= 4 is 11.8 Å². The number of hydrogen-bond donors (Lipinski definition) is 2. The number of nitrogens with two attached hydrogens (primary N) is 1. The molecule has 1 atom stereocenters. The van der Waals surface area contributed by atoms with Crippen LogP contribution in [0.1, 0.15) is 18.2 Å². The van der Waals surface area contributed by atoms with Crippen LogP contribution in [0.5, 0.6) is 0 Å². The molecule has 1 rings (SSSR count). The maximum Gasteiger partial charge on any atom is 0.0807 e. The van der Waals surface area contributed by atoms with Crippen LogP contribution in [0.25, 0.3) is 0 Å². The van der Waals surface area contributed by atoms with Gasteiger partial charge in [0.25, 0.3) is 0 Å². The second-order valence-corrected chi connectivity index (χ2v) is 3.90. The third kappa shape index (κ3) is 3.02. The van der Waals surface area contributed by atoms with Crippen molar-refractivity contribution in [2.45, 2.75) is 12.5 Å². The predicted molar refractivity (Wildman–Crippen MR) is 56.3 cm³/mol. The second-order valence-electron chi connectivity index (χ2n) is 2.91. The molecule has 0 radical (unpaired) electrons. The Kier molecular flexibility index (Phi) is 4.27. The third-order valence-electron chi connectivity index (χ3n) is 1.90. The van der Waals surface area contributed by atoms with Crippen LogP contribution >= 0.6 is 11.8 Å². The van der Waals surface area contributed by atoms with Gasteiger partial charge in [-0.15, -0.1) is 0 Å². The molecule has 1 unspecified atom stereocenters. The lowest BCUT2D eigenvalue weighted by molar-refractivity contribution is 0.521. The largest absolute Gasteiger partial charge is 0.275 e. The lowest BCUT2D eigenvalue weighted by atomic mass is 10.2. The zero-order valence-corrected chi connectivity index (χ0v) is 8.84. The smallest absolute Gasteiger partial charge is 0.0807 e. The molecule has 0 saturated heterocycles. The highest BCUT2D eigenvalue weighted by molar-refractivity contribution is 7.98. The molecule has 0 spiro atoms. The van der Waals surface area contributed by atoms with E-state index in [2.05, 4.69) is 16.8 Å². The Balaban J connectivity index is 2.56. The second kappa shape index (κ2) is 5.26. The molecule has 3 N–H and O–H groups in total. The minimum absolute atomic E-state index is 0.175. The summed E-state index contributed by atoms with van der Waals surface area (Å²) in [7, 11) is 1.91. The molecule has 4 nitrogen and oxygen atoms in total. The zero-order chi connectivity index (χ0) is 9.68. The number of aromatic nitrogens is 2. The fourth-order valence-corrected chi connectivity index (χ4v) is 1.64. The first kappa shape index (κ1) is 10.6. The highest BCUT2D eigenvalue weighted by Gasteiger charge is 2.11. The van der Waals surface area contributed by atoms with Gasteiger partial charge >= 0.3 is 0 Å². The van der Waals surface area contributed by atoms with Crippen LogP contribution in [0, 0.1) is 0 Å². The van der Waals surface area contributed by atoms with E-state index < -0.39 is 0 Å². The zero-order valence-electron chi connectivity index (χ0n) is 8.03. The number of hydrogen-bond acceptors (Lipinski definition) is 4. The number of hydrazine groups is 1. The predicted octanol–water partition coefficient (Wildman–Crippen LogP) is 0.678. The van der Waals surface area contributed by atoms with E-state index in [1.165, 1.54) is 0 Å². The van der Waals surface area contributed by atoms with Crippen LogP contribution in [0.2, 0.25) is 0 Å². The van der Waals surface area contributed by atoms with E-state index in [9.17, 15) is 0 Å². The van der Waals surface area contributed by atoms with Crippen LogP contribution in [0.3, 0.4) is 0 Å². The Morgan fingerprint density at radius 2 is 2.54 bits per heavy atom. The standard InChI is InChI=1S/C8H16N4S/c1-12-5-3-8(11-12)7(10-9)4-6-13-2/h3,5,7,10H,4,6,9H2,1-2H3. The molecule has 1 aromatic heterocycles. The van der Waals surface area contributed by atoms with E-state index in [1.54, 1.807) is 4.68 Å². The number of aryl methyl sites for hydroxylation is 1. The molecule has 0 aliphatic heterocycles. The van der Waals surface area contributed by atoms with Gasteiger partial charge in [-0.2, -0.15) is 16.9 Å². The number of thioether (sulfide) groups is 1. The molecule has 1 heterocycles. The summed E-state index contributed by atoms with van der Waals surface area (Å²) in [6.45, 7) is 0. The summed E-state index contributed by atoms with van der Waals surface area (Å²) in [6, 6.07) is 2.17. The maximum atomic E-state index is 5.45. The first-order valence-corrected chi connectivity index (χ1v) is 5.62. The number of nitrogens with one attached hydrogen (secondary N) is 1. The van der Waals surface area contributed by atoms with Gasteiger partial charge in [0.1, 0.15) is 0 Å². The Labute approximate surface area is 82.8 Å². The topological polar surface area (TPSA) is 55.9 Å². The molecule has 13 heavy (non-hydrogen) atoms. The molecule has 0 aliphatic carbocycles. The van der Waals surface area contributed by atoms with Crippen LogP contribution in [-0.2, 0) is 7.05 Å². The van der Waals surface area contributed by atoms with Crippen molar-refractivity contribution in [3.63, 3.8) is 0 Å². The molecule has 1 aromatic rings. The van der Waals surface area contributed by atoms with Crippen molar-refractivity contribution in [2.75, 3.05) is 12.0 Å². The summed E-state index contributed by atoms with van der Waals surface area (Å²) < 4.78 is 1.79. The van der Waals surface area contributed by atoms with Gasteiger partial charge in [-0.25, -0.2) is 0 Å². The summed E-state index contributed by atoms with van der Waals surface area (Å²) in [6.07, 6.45) is 5.03. The van der Waals surface area contributed by atoms with Gasteiger partial charge in [-0.1, -0.05) is 0 Å². The van der Waals surface area contributed by atoms with Gasteiger partial charge in [-0.05, 0) is 24.5 Å². The van der Waals surface area contributed by atoms with Crippen molar-refractivity contribution in [3.05, 3.63) is 18.0 Å².